The number of likely N-dealkylation sites (tertiary alicyclic amines) is 1. The first-order chi connectivity index (χ1) is 16.5. The number of ketones is 1. The molecule has 174 valence electrons. The van der Waals surface area contributed by atoms with E-state index >= 15 is 0 Å². The highest BCUT2D eigenvalue weighted by Gasteiger charge is 2.48. The number of carbonyl (C=O) groups is 2. The van der Waals surface area contributed by atoms with Crippen molar-refractivity contribution >= 4 is 38.2 Å². The van der Waals surface area contributed by atoms with Gasteiger partial charge in [-0.2, -0.15) is 0 Å². The zero-order chi connectivity index (χ0) is 23.3. The number of rotatable bonds is 7. The highest BCUT2D eigenvalue weighted by molar-refractivity contribution is 7.23. The van der Waals surface area contributed by atoms with Crippen LogP contribution in [0.3, 0.4) is 0 Å². The summed E-state index contributed by atoms with van der Waals surface area (Å²) < 4.78 is 8.45. The van der Waals surface area contributed by atoms with E-state index in [9.17, 15) is 9.59 Å². The van der Waals surface area contributed by atoms with Crippen LogP contribution >= 0.6 is 11.3 Å². The van der Waals surface area contributed by atoms with Crippen LogP contribution in [0.2, 0.25) is 0 Å². The third-order valence-electron chi connectivity index (χ3n) is 6.90. The molecule has 1 amide bonds. The van der Waals surface area contributed by atoms with Crippen LogP contribution in [0.15, 0.2) is 48.7 Å². The van der Waals surface area contributed by atoms with Crippen LogP contribution < -0.4 is 5.32 Å². The third kappa shape index (κ3) is 3.72. The smallest absolute Gasteiger partial charge is 0.251 e. The number of aromatic nitrogens is 2. The molecular formula is C26H26N4O3S. The second kappa shape index (κ2) is 8.30. The largest absolute Gasteiger partial charge is 0.380 e. The van der Waals surface area contributed by atoms with Gasteiger partial charge in [-0.05, 0) is 43.3 Å². The summed E-state index contributed by atoms with van der Waals surface area (Å²) >= 11 is 1.59. The van der Waals surface area contributed by atoms with Crippen LogP contribution in [0.25, 0.3) is 26.4 Å². The summed E-state index contributed by atoms with van der Waals surface area (Å²) in [5.41, 5.74) is 4.69. The van der Waals surface area contributed by atoms with Gasteiger partial charge in [-0.1, -0.05) is 23.5 Å². The number of benzene rings is 2. The highest BCUT2D eigenvalue weighted by atomic mass is 32.1. The van der Waals surface area contributed by atoms with Crippen molar-refractivity contribution in [2.75, 3.05) is 39.9 Å². The Morgan fingerprint density at radius 3 is 2.59 bits per heavy atom. The molecule has 2 aliphatic rings. The number of hydrogen-bond donors (Lipinski definition) is 1. The van der Waals surface area contributed by atoms with Gasteiger partial charge in [0.05, 0.1) is 29.1 Å². The maximum atomic E-state index is 12.8. The van der Waals surface area contributed by atoms with E-state index in [0.717, 1.165) is 71.3 Å². The first-order valence-corrected chi connectivity index (χ1v) is 12.4. The number of carbonyl (C=O) groups excluding carboxylic acids is 2. The summed E-state index contributed by atoms with van der Waals surface area (Å²) in [4.78, 5) is 32.6. The van der Waals surface area contributed by atoms with Crippen molar-refractivity contribution in [1.82, 2.24) is 19.6 Å². The number of thiazole rings is 1. The molecule has 4 aromatic rings. The molecule has 1 spiro atoms. The topological polar surface area (TPSA) is 75.9 Å². The molecule has 2 aliphatic heterocycles. The van der Waals surface area contributed by atoms with Gasteiger partial charge in [0.1, 0.15) is 0 Å². The molecule has 2 fully saturated rings. The van der Waals surface area contributed by atoms with Gasteiger partial charge in [-0.3, -0.25) is 14.0 Å². The summed E-state index contributed by atoms with van der Waals surface area (Å²) in [5, 5.41) is 2.63. The lowest BCUT2D eigenvalue weighted by atomic mass is 9.78. The van der Waals surface area contributed by atoms with Gasteiger partial charge in [0.2, 0.25) is 0 Å². The lowest BCUT2D eigenvalue weighted by Crippen LogP contribution is -2.65. The van der Waals surface area contributed by atoms with Crippen molar-refractivity contribution in [3.63, 3.8) is 0 Å². The van der Waals surface area contributed by atoms with Gasteiger partial charge in [0.15, 0.2) is 10.7 Å². The van der Waals surface area contributed by atoms with E-state index in [2.05, 4.69) is 14.6 Å². The summed E-state index contributed by atoms with van der Waals surface area (Å²) in [6.07, 6.45) is 3.48. The number of fused-ring (bicyclic) bond motifs is 3. The second-order valence-corrected chi connectivity index (χ2v) is 10.5. The average Bonchev–Trinajstić information content (AvgIpc) is 3.36. The summed E-state index contributed by atoms with van der Waals surface area (Å²) in [7, 11) is 1.62. The molecule has 0 radical (unpaired) electrons. The zero-order valence-corrected chi connectivity index (χ0v) is 19.9. The van der Waals surface area contributed by atoms with Crippen molar-refractivity contribution in [1.29, 1.82) is 0 Å². The number of hydrogen-bond acceptors (Lipinski definition) is 6. The molecule has 7 nitrogen and oxygen atoms in total. The number of Topliss-reactive ketones (excluding diaryl/α,β-unsaturated/α-hetero) is 1. The van der Waals surface area contributed by atoms with E-state index in [1.54, 1.807) is 30.5 Å². The predicted octanol–water partition coefficient (Wildman–Crippen LogP) is 3.87. The maximum Gasteiger partial charge on any atom is 0.251 e. The lowest BCUT2D eigenvalue weighted by molar-refractivity contribution is -0.188. The molecule has 2 saturated heterocycles. The molecule has 0 unspecified atom stereocenters. The Hall–Kier alpha value is -3.07. The van der Waals surface area contributed by atoms with E-state index in [-0.39, 0.29) is 11.7 Å². The summed E-state index contributed by atoms with van der Waals surface area (Å²) in [5.74, 6) is 0.0958. The molecule has 1 N–H and O–H groups in total. The minimum absolute atomic E-state index is 0.105. The van der Waals surface area contributed by atoms with Crippen molar-refractivity contribution in [2.24, 2.45) is 5.41 Å². The molecule has 6 rings (SSSR count). The third-order valence-corrected chi connectivity index (χ3v) is 7.92. The Balaban J connectivity index is 1.13. The second-order valence-electron chi connectivity index (χ2n) is 9.45. The van der Waals surface area contributed by atoms with Crippen molar-refractivity contribution < 1.29 is 14.3 Å². The quantitative estimate of drug-likeness (QED) is 0.412. The Morgan fingerprint density at radius 2 is 1.88 bits per heavy atom. The number of amides is 1. The fourth-order valence-corrected chi connectivity index (χ4v) is 6.04. The van der Waals surface area contributed by atoms with Crippen molar-refractivity contribution in [2.45, 2.75) is 12.8 Å². The first kappa shape index (κ1) is 21.5. The molecule has 2 aromatic heterocycles. The van der Waals surface area contributed by atoms with Crippen molar-refractivity contribution in [3.8, 4) is 11.3 Å². The van der Waals surface area contributed by atoms with E-state index in [1.165, 1.54) is 0 Å². The van der Waals surface area contributed by atoms with Gasteiger partial charge in [0.25, 0.3) is 5.91 Å². The van der Waals surface area contributed by atoms with Gasteiger partial charge < -0.3 is 15.0 Å². The summed E-state index contributed by atoms with van der Waals surface area (Å²) in [6.45, 7) is 5.01. The van der Waals surface area contributed by atoms with E-state index < -0.39 is 0 Å². The number of nitrogens with one attached hydrogen (secondary N) is 1. The minimum Gasteiger partial charge on any atom is -0.380 e. The van der Waals surface area contributed by atoms with E-state index in [1.807, 2.05) is 36.5 Å². The lowest BCUT2D eigenvalue weighted by Gasteiger charge is -2.55. The highest BCUT2D eigenvalue weighted by Crippen LogP contribution is 2.37. The molecule has 0 bridgehead atoms. The molecule has 4 heterocycles. The fraction of sp³-hybridized carbons (Fsp3) is 0.346. The first-order valence-electron chi connectivity index (χ1n) is 11.6. The van der Waals surface area contributed by atoms with Crippen molar-refractivity contribution in [3.05, 3.63) is 59.8 Å². The standard InChI is InChI=1S/C26H26N4O3S/c1-27-24(32)18-6-4-17(5-7-18)20-12-30-21-9-8-19(11-23(21)34-25(30)28-20)22(31)3-2-10-29-13-26(14-29)15-33-16-26/h4-9,11-12H,2-3,10,13-16H2,1H3,(H,27,32). The Kier molecular flexibility index (Phi) is 5.24. The number of nitrogens with zero attached hydrogens (tertiary/aromatic N) is 3. The van der Waals surface area contributed by atoms with E-state index in [0.29, 0.717) is 17.4 Å². The predicted molar refractivity (Wildman–Crippen MR) is 133 cm³/mol. The molecule has 8 heteroatoms. The molecule has 2 aromatic carbocycles. The van der Waals surface area contributed by atoms with Crippen LogP contribution in [-0.4, -0.2) is 65.9 Å². The van der Waals surface area contributed by atoms with Crippen LogP contribution in [0.1, 0.15) is 33.6 Å². The molecule has 0 aliphatic carbocycles. The fourth-order valence-electron chi connectivity index (χ4n) is 4.99. The molecular weight excluding hydrogens is 448 g/mol. The van der Waals surface area contributed by atoms with Gasteiger partial charge in [-0.25, -0.2) is 4.98 Å². The maximum absolute atomic E-state index is 12.8. The van der Waals surface area contributed by atoms with E-state index in [4.69, 9.17) is 9.72 Å². The Labute approximate surface area is 201 Å². The number of ether oxygens (including phenoxy) is 1. The average molecular weight is 475 g/mol. The molecule has 34 heavy (non-hydrogen) atoms. The van der Waals surface area contributed by atoms with Gasteiger partial charge in [-0.15, -0.1) is 0 Å². The zero-order valence-electron chi connectivity index (χ0n) is 19.0. The SMILES string of the molecule is CNC(=O)c1ccc(-c2cn3c(n2)sc2cc(C(=O)CCCN4CC5(COC5)C4)ccc23)cc1. The molecule has 0 saturated carbocycles. The number of imidazole rings is 1. The van der Waals surface area contributed by atoms with Crippen LogP contribution in [0.4, 0.5) is 0 Å². The minimum atomic E-state index is -0.105. The van der Waals surface area contributed by atoms with Crippen LogP contribution in [0.5, 0.6) is 0 Å². The van der Waals surface area contributed by atoms with Crippen LogP contribution in [-0.2, 0) is 4.74 Å². The molecule has 0 atom stereocenters. The van der Waals surface area contributed by atoms with Gasteiger partial charge >= 0.3 is 0 Å². The normalized spacial score (nSPS) is 17.1. The van der Waals surface area contributed by atoms with Crippen LogP contribution in [0, 0.1) is 5.41 Å². The monoisotopic (exact) mass is 474 g/mol. The Morgan fingerprint density at radius 1 is 1.12 bits per heavy atom. The Bertz CT molecular complexity index is 1390. The summed E-state index contributed by atoms with van der Waals surface area (Å²) in [6, 6.07) is 13.4. The van der Waals surface area contributed by atoms with Gasteiger partial charge in [0, 0.05) is 54.9 Å².